The summed E-state index contributed by atoms with van der Waals surface area (Å²) in [7, 11) is 0. The third-order valence-electron chi connectivity index (χ3n) is 3.70. The summed E-state index contributed by atoms with van der Waals surface area (Å²) in [6.45, 7) is 3.11. The van der Waals surface area contributed by atoms with E-state index in [4.69, 9.17) is 9.59 Å². The minimum atomic E-state index is -1.98. The summed E-state index contributed by atoms with van der Waals surface area (Å²) in [5.74, 6) is 0.500. The summed E-state index contributed by atoms with van der Waals surface area (Å²) < 4.78 is 4.59. The Bertz CT molecular complexity index is 709. The molecule has 3 aromatic rings. The third-order valence-corrected chi connectivity index (χ3v) is 11.5. The van der Waals surface area contributed by atoms with Crippen LogP contribution in [0.4, 0.5) is 0 Å². The van der Waals surface area contributed by atoms with Gasteiger partial charge in [0.05, 0.1) is 0 Å². The Balaban J connectivity index is 0.000000298. The van der Waals surface area contributed by atoms with Gasteiger partial charge in [-0.25, -0.2) is 0 Å². The Morgan fingerprint density at radius 1 is 0.577 bits per heavy atom. The van der Waals surface area contributed by atoms with Gasteiger partial charge >= 0.3 is 133 Å². The van der Waals surface area contributed by atoms with Gasteiger partial charge in [0.15, 0.2) is 6.42 Å². The first kappa shape index (κ1) is 20.1. The van der Waals surface area contributed by atoms with E-state index in [0.29, 0.717) is 6.42 Å². The molecule has 3 heteroatoms. The van der Waals surface area contributed by atoms with Crippen molar-refractivity contribution in [2.24, 2.45) is 0 Å². The summed E-state index contributed by atoms with van der Waals surface area (Å²) in [5.41, 5.74) is 0. The van der Waals surface area contributed by atoms with Gasteiger partial charge in [0.25, 0.3) is 0 Å². The van der Waals surface area contributed by atoms with E-state index in [9.17, 15) is 0 Å². The van der Waals surface area contributed by atoms with Crippen molar-refractivity contribution in [2.75, 3.05) is 0 Å². The zero-order valence-corrected chi connectivity index (χ0v) is 18.1. The monoisotopic (exact) mass is 453 g/mol. The van der Waals surface area contributed by atoms with Gasteiger partial charge in [-0.3, -0.25) is 9.59 Å². The van der Waals surface area contributed by atoms with Crippen LogP contribution in [0.3, 0.4) is 0 Å². The van der Waals surface area contributed by atoms with Crippen LogP contribution in [0.5, 0.6) is 0 Å². The van der Waals surface area contributed by atoms with Crippen molar-refractivity contribution in [3.8, 4) is 0 Å². The zero-order chi connectivity index (χ0) is 18.8. The fourth-order valence-electron chi connectivity index (χ4n) is 2.68. The molecule has 26 heavy (non-hydrogen) atoms. The normalized spacial score (nSPS) is 9.96. The Morgan fingerprint density at radius 2 is 0.846 bits per heavy atom. The molecule has 0 fully saturated rings. The summed E-state index contributed by atoms with van der Waals surface area (Å²) in [5, 5.41) is 0. The molecule has 0 atom stereocenters. The molecule has 3 aromatic carbocycles. The SMILES string of the molecule is CC(=[OH+])CC(C)=[OH+].c1cc[c]([Sn]([c]2ccccc2)[c]2ccccc2)cc1. The van der Waals surface area contributed by atoms with E-state index in [0.717, 1.165) is 0 Å². The van der Waals surface area contributed by atoms with Gasteiger partial charge < -0.3 is 0 Å². The van der Waals surface area contributed by atoms with E-state index in [1.807, 2.05) is 0 Å². The second-order valence-corrected chi connectivity index (χ2v) is 13.2. The fourth-order valence-corrected chi connectivity index (χ4v) is 10.0. The zero-order valence-electron chi connectivity index (χ0n) is 15.3. The maximum atomic E-state index is 8.46. The van der Waals surface area contributed by atoms with Crippen LogP contribution in [0.2, 0.25) is 0 Å². The van der Waals surface area contributed by atoms with E-state index in [1.165, 1.54) is 10.7 Å². The van der Waals surface area contributed by atoms with Gasteiger partial charge in [-0.15, -0.1) is 0 Å². The molecule has 131 valence electrons. The molecule has 0 heterocycles. The van der Waals surface area contributed by atoms with Gasteiger partial charge in [0.1, 0.15) is 0 Å². The molecule has 2 N–H and O–H groups in total. The summed E-state index contributed by atoms with van der Waals surface area (Å²) in [6, 6.07) is 32.9. The first-order chi connectivity index (χ1) is 12.6. The van der Waals surface area contributed by atoms with Crippen LogP contribution in [-0.2, 0) is 0 Å². The fraction of sp³-hybridized carbons (Fsp3) is 0.130. The average Bonchev–Trinajstić information content (AvgIpc) is 2.64. The number of hydrogen-bond donors (Lipinski definition) is 0. The molecule has 0 aliphatic rings. The van der Waals surface area contributed by atoms with Crippen molar-refractivity contribution >= 4 is 42.1 Å². The predicted molar refractivity (Wildman–Crippen MR) is 114 cm³/mol. The van der Waals surface area contributed by atoms with Gasteiger partial charge in [-0.2, -0.15) is 0 Å². The molecule has 0 unspecified atom stereocenters. The number of hydrogen-bond acceptors (Lipinski definition) is 0. The molecule has 0 bridgehead atoms. The van der Waals surface area contributed by atoms with Crippen molar-refractivity contribution in [3.63, 3.8) is 0 Å². The van der Waals surface area contributed by atoms with Gasteiger partial charge in [0.2, 0.25) is 0 Å². The van der Waals surface area contributed by atoms with E-state index in [-0.39, 0.29) is 11.6 Å². The first-order valence-electron chi connectivity index (χ1n) is 8.64. The topological polar surface area (TPSA) is 42.8 Å². The maximum absolute atomic E-state index is 8.46. The number of benzene rings is 3. The molecule has 2 nitrogen and oxygen atoms in total. The van der Waals surface area contributed by atoms with Crippen molar-refractivity contribution in [2.45, 2.75) is 20.3 Å². The van der Waals surface area contributed by atoms with Crippen molar-refractivity contribution in [3.05, 3.63) is 91.0 Å². The molecule has 1 radical (unpaired) electrons. The van der Waals surface area contributed by atoms with Gasteiger partial charge in [-0.05, 0) is 0 Å². The molecule has 0 aliphatic carbocycles. The van der Waals surface area contributed by atoms with Gasteiger partial charge in [0, 0.05) is 13.8 Å². The van der Waals surface area contributed by atoms with Crippen LogP contribution in [-0.4, -0.2) is 40.9 Å². The number of ketones is 2. The molecule has 0 aliphatic heterocycles. The van der Waals surface area contributed by atoms with Crippen molar-refractivity contribution in [1.29, 1.82) is 0 Å². The summed E-state index contributed by atoms with van der Waals surface area (Å²) in [6.07, 6.45) is 0.306. The first-order valence-corrected chi connectivity index (χ1v) is 12.9. The molecule has 0 saturated heterocycles. The minimum absolute atomic E-state index is 0.250. The number of rotatable bonds is 5. The van der Waals surface area contributed by atoms with Crippen LogP contribution in [0.1, 0.15) is 20.3 Å². The second kappa shape index (κ2) is 10.7. The van der Waals surface area contributed by atoms with Crippen molar-refractivity contribution in [1.82, 2.24) is 0 Å². The van der Waals surface area contributed by atoms with Crippen LogP contribution in [0.15, 0.2) is 91.0 Å². The van der Waals surface area contributed by atoms with Crippen LogP contribution >= 0.6 is 0 Å². The Hall–Kier alpha value is -2.20. The summed E-state index contributed by atoms with van der Waals surface area (Å²) >= 11 is -1.98. The number of carbonyl (C=O) groups excluding carboxylic acids is 2. The molecule has 0 saturated carbocycles. The Morgan fingerprint density at radius 3 is 1.04 bits per heavy atom. The quantitative estimate of drug-likeness (QED) is 0.325. The van der Waals surface area contributed by atoms with E-state index >= 15 is 0 Å². The average molecular weight is 452 g/mol. The molecule has 3 rings (SSSR count). The molecular formula is C23H25O2Sn+2. The van der Waals surface area contributed by atoms with Crippen LogP contribution in [0.25, 0.3) is 0 Å². The second-order valence-electron chi connectivity index (χ2n) is 6.12. The predicted octanol–water partition coefficient (Wildman–Crippen LogP) is 2.71. The molecule has 0 amide bonds. The Kier molecular flexibility index (Phi) is 8.29. The third kappa shape index (κ3) is 6.60. The van der Waals surface area contributed by atoms with Gasteiger partial charge in [-0.1, -0.05) is 0 Å². The Labute approximate surface area is 162 Å². The molecular weight excluding hydrogens is 427 g/mol. The van der Waals surface area contributed by atoms with E-state index in [1.54, 1.807) is 13.8 Å². The van der Waals surface area contributed by atoms with E-state index < -0.39 is 19.8 Å². The molecule has 0 spiro atoms. The standard InChI is InChI=1S/3C6H5.C5H8O2.Sn/c3*1-2-4-6-5-3-1;1-4(6)3-5(2)7;/h3*1-5H;3H2,1-2H3;/p+2. The van der Waals surface area contributed by atoms with E-state index in [2.05, 4.69) is 91.0 Å². The van der Waals surface area contributed by atoms with Crippen molar-refractivity contribution < 1.29 is 9.59 Å². The summed E-state index contributed by atoms with van der Waals surface area (Å²) in [4.78, 5) is 16.9. The van der Waals surface area contributed by atoms with Crippen LogP contribution in [0, 0.1) is 0 Å². The molecule has 0 aromatic heterocycles. The van der Waals surface area contributed by atoms with Crippen LogP contribution < -0.4 is 10.7 Å².